The van der Waals surface area contributed by atoms with Gasteiger partial charge in [0.1, 0.15) is 5.75 Å². The van der Waals surface area contributed by atoms with E-state index in [1.54, 1.807) is 12.5 Å². The first-order valence-corrected chi connectivity index (χ1v) is 9.09. The van der Waals surface area contributed by atoms with Crippen molar-refractivity contribution in [1.29, 1.82) is 0 Å². The van der Waals surface area contributed by atoms with E-state index in [1.165, 1.54) is 0 Å². The van der Waals surface area contributed by atoms with Crippen LogP contribution in [0.5, 0.6) is 5.75 Å². The van der Waals surface area contributed by atoms with Crippen molar-refractivity contribution >= 4 is 14.8 Å². The maximum absolute atomic E-state index is 5.95. The first kappa shape index (κ1) is 14.5. The van der Waals surface area contributed by atoms with Crippen molar-refractivity contribution in [2.45, 2.75) is 33.0 Å². The number of hydrogen-bond donors (Lipinski definition) is 1. The Hall–Kier alpha value is -1.88. The fourth-order valence-electron chi connectivity index (χ4n) is 2.02. The third-order valence-corrected chi connectivity index (χ3v) is 3.59. The van der Waals surface area contributed by atoms with E-state index < -0.39 is 9.04 Å². The minimum atomic E-state index is -0.778. The Kier molecular flexibility index (Phi) is 4.73. The summed E-state index contributed by atoms with van der Waals surface area (Å²) >= 11 is 0. The summed E-state index contributed by atoms with van der Waals surface area (Å²) in [4.78, 5) is 11.8. The van der Waals surface area contributed by atoms with E-state index in [-0.39, 0.29) is 6.04 Å². The monoisotopic (exact) mass is 286 g/mol. The van der Waals surface area contributed by atoms with E-state index in [0.717, 1.165) is 22.7 Å². The molecule has 1 aromatic carbocycles. The van der Waals surface area contributed by atoms with Gasteiger partial charge in [-0.2, -0.15) is 0 Å². The Bertz CT molecular complexity index is 579. The van der Waals surface area contributed by atoms with E-state index in [2.05, 4.69) is 36.1 Å². The lowest BCUT2D eigenvalue weighted by Crippen LogP contribution is -2.13. The summed E-state index contributed by atoms with van der Waals surface area (Å²) in [7, 11) is -0.778. The van der Waals surface area contributed by atoms with Gasteiger partial charge in [0.15, 0.2) is 0 Å². The molecule has 0 spiro atoms. The molecule has 4 nitrogen and oxygen atoms in total. The zero-order chi connectivity index (χ0) is 14.5. The highest BCUT2D eigenvalue weighted by Crippen LogP contribution is 2.28. The molecule has 0 amide bonds. The van der Waals surface area contributed by atoms with Gasteiger partial charge in [0.05, 0.1) is 30.0 Å². The number of aromatic nitrogens is 2. The number of hydrogen-bond acceptors (Lipinski definition) is 3. The molecule has 1 radical (unpaired) electrons. The Morgan fingerprint density at radius 1 is 1.35 bits per heavy atom. The van der Waals surface area contributed by atoms with Gasteiger partial charge in [0.25, 0.3) is 9.04 Å². The second-order valence-electron chi connectivity index (χ2n) is 4.90. The van der Waals surface area contributed by atoms with Gasteiger partial charge in [0, 0.05) is 5.56 Å². The molecule has 20 heavy (non-hydrogen) atoms. The Labute approximate surface area is 121 Å². The van der Waals surface area contributed by atoms with Crippen LogP contribution in [-0.2, 0) is 0 Å². The van der Waals surface area contributed by atoms with E-state index >= 15 is 0 Å². The van der Waals surface area contributed by atoms with Gasteiger partial charge in [-0.05, 0) is 33.0 Å². The molecule has 0 bridgehead atoms. The molecule has 0 aliphatic rings. The second kappa shape index (κ2) is 6.52. The zero-order valence-corrected chi connectivity index (χ0v) is 13.3. The van der Waals surface area contributed by atoms with E-state index in [4.69, 9.17) is 9.42 Å². The van der Waals surface area contributed by atoms with Crippen LogP contribution in [0.25, 0.3) is 0 Å². The first-order valence-electron chi connectivity index (χ1n) is 6.68. The summed E-state index contributed by atoms with van der Waals surface area (Å²) in [5.74, 6) is 0.944. The normalized spacial score (nSPS) is 13.6. The lowest BCUT2D eigenvalue weighted by Gasteiger charge is -2.16. The largest absolute Gasteiger partial charge is 0.542 e. The molecular formula is C15H20N3OSi. The van der Waals surface area contributed by atoms with Crippen LogP contribution in [-0.4, -0.2) is 24.7 Å². The van der Waals surface area contributed by atoms with E-state index in [0.29, 0.717) is 0 Å². The highest BCUT2D eigenvalue weighted by atomic mass is 28.3. The van der Waals surface area contributed by atoms with E-state index in [9.17, 15) is 0 Å². The first-order chi connectivity index (χ1) is 9.58. The minimum Gasteiger partial charge on any atom is -0.542 e. The molecule has 0 aliphatic carbocycles. The van der Waals surface area contributed by atoms with Crippen molar-refractivity contribution in [3.63, 3.8) is 0 Å². The quantitative estimate of drug-likeness (QED) is 0.674. The van der Waals surface area contributed by atoms with Crippen molar-refractivity contribution in [2.75, 3.05) is 0 Å². The molecule has 0 saturated heterocycles. The maximum Gasteiger partial charge on any atom is 0.274 e. The van der Waals surface area contributed by atoms with Gasteiger partial charge >= 0.3 is 0 Å². The molecule has 2 rings (SSSR count). The summed E-state index contributed by atoms with van der Waals surface area (Å²) in [6.45, 7) is 8.33. The van der Waals surface area contributed by atoms with Crippen LogP contribution >= 0.6 is 0 Å². The highest BCUT2D eigenvalue weighted by Gasteiger charge is 2.12. The van der Waals surface area contributed by atoms with Crippen LogP contribution in [0, 0.1) is 0 Å². The fraction of sp³-hybridized carbons (Fsp3) is 0.333. The average Bonchev–Trinajstić information content (AvgIpc) is 2.92. The Morgan fingerprint density at radius 2 is 2.10 bits per heavy atom. The fourth-order valence-corrected chi connectivity index (χ4v) is 2.65. The molecular weight excluding hydrogens is 266 g/mol. The molecule has 1 unspecified atom stereocenters. The van der Waals surface area contributed by atoms with E-state index in [1.807, 2.05) is 25.1 Å². The van der Waals surface area contributed by atoms with Gasteiger partial charge < -0.3 is 9.41 Å². The average molecular weight is 286 g/mol. The molecule has 0 fully saturated rings. The van der Waals surface area contributed by atoms with Crippen molar-refractivity contribution in [1.82, 2.24) is 9.97 Å². The zero-order valence-electron chi connectivity index (χ0n) is 12.3. The molecule has 1 N–H and O–H groups in total. The molecule has 5 heteroatoms. The van der Waals surface area contributed by atoms with Crippen LogP contribution in [0.2, 0.25) is 13.1 Å². The predicted molar refractivity (Wildman–Crippen MR) is 83.8 cm³/mol. The van der Waals surface area contributed by atoms with Crippen LogP contribution in [0.15, 0.2) is 41.8 Å². The lowest BCUT2D eigenvalue weighted by molar-refractivity contribution is 0.563. The Balaban J connectivity index is 2.25. The molecule has 1 atom stereocenters. The van der Waals surface area contributed by atoms with Crippen LogP contribution in [0.4, 0.5) is 0 Å². The van der Waals surface area contributed by atoms with Gasteiger partial charge in [-0.3, -0.25) is 4.99 Å². The smallest absolute Gasteiger partial charge is 0.274 e. The highest BCUT2D eigenvalue weighted by molar-refractivity contribution is 6.49. The third kappa shape index (κ3) is 3.57. The Morgan fingerprint density at radius 3 is 2.75 bits per heavy atom. The lowest BCUT2D eigenvalue weighted by atomic mass is 10.1. The van der Waals surface area contributed by atoms with Crippen LogP contribution < -0.4 is 4.43 Å². The van der Waals surface area contributed by atoms with Crippen LogP contribution in [0.3, 0.4) is 0 Å². The topological polar surface area (TPSA) is 50.3 Å². The van der Waals surface area contributed by atoms with Crippen molar-refractivity contribution in [2.24, 2.45) is 4.99 Å². The molecule has 0 saturated carbocycles. The summed E-state index contributed by atoms with van der Waals surface area (Å²) < 4.78 is 5.95. The molecule has 1 aromatic heterocycles. The van der Waals surface area contributed by atoms with Crippen molar-refractivity contribution < 1.29 is 4.43 Å². The van der Waals surface area contributed by atoms with Gasteiger partial charge in [-0.25, -0.2) is 4.98 Å². The number of para-hydroxylation sites is 1. The summed E-state index contributed by atoms with van der Waals surface area (Å²) in [5.41, 5.74) is 3.02. The molecule has 2 aromatic rings. The standard InChI is InChI=1S/C15H20N3OSi/c1-11(18-12(2)14-9-16-10-17-14)13-7-5-6-8-15(13)19-20(3)4/h5-11H,1-4H3,(H,16,17). The summed E-state index contributed by atoms with van der Waals surface area (Å²) in [6.07, 6.45) is 3.45. The SMILES string of the molecule is CC(=NC(C)c1ccccc1O[Si](C)C)c1cnc[nH]1. The molecule has 1 heterocycles. The van der Waals surface area contributed by atoms with Crippen LogP contribution in [0.1, 0.15) is 31.1 Å². The number of aliphatic imine (C=N–C) groups is 1. The predicted octanol–water partition coefficient (Wildman–Crippen LogP) is 3.61. The number of H-pyrrole nitrogens is 1. The minimum absolute atomic E-state index is 0.0517. The third-order valence-electron chi connectivity index (χ3n) is 2.96. The molecule has 0 aliphatic heterocycles. The van der Waals surface area contributed by atoms with Crippen molar-refractivity contribution in [3.05, 3.63) is 48.0 Å². The number of imidazole rings is 1. The summed E-state index contributed by atoms with van der Waals surface area (Å²) in [5, 5.41) is 0. The van der Waals surface area contributed by atoms with Gasteiger partial charge in [-0.1, -0.05) is 18.2 Å². The number of nitrogens with one attached hydrogen (secondary N) is 1. The molecule has 105 valence electrons. The van der Waals surface area contributed by atoms with Gasteiger partial charge in [0.2, 0.25) is 0 Å². The van der Waals surface area contributed by atoms with Gasteiger partial charge in [-0.15, -0.1) is 0 Å². The second-order valence-corrected chi connectivity index (χ2v) is 6.92. The number of rotatable bonds is 5. The maximum atomic E-state index is 5.95. The van der Waals surface area contributed by atoms with Crippen molar-refractivity contribution in [3.8, 4) is 5.75 Å². The summed E-state index contributed by atoms with van der Waals surface area (Å²) in [6, 6.07) is 8.18. The number of nitrogens with zero attached hydrogens (tertiary/aromatic N) is 2. The number of aromatic amines is 1. The number of benzene rings is 1.